The van der Waals surface area contributed by atoms with Crippen LogP contribution in [0.25, 0.3) is 6.08 Å². The van der Waals surface area contributed by atoms with E-state index in [1.807, 2.05) is 6.92 Å². The Labute approximate surface area is 108 Å². The van der Waals surface area contributed by atoms with E-state index >= 15 is 0 Å². The summed E-state index contributed by atoms with van der Waals surface area (Å²) in [5.41, 5.74) is 2.38. The second kappa shape index (κ2) is 4.60. The van der Waals surface area contributed by atoms with Crippen LogP contribution < -0.4 is 5.32 Å². The zero-order valence-electron chi connectivity index (χ0n) is 10.5. The molecule has 1 saturated heterocycles. The second-order valence-corrected chi connectivity index (χ2v) is 4.33. The number of aryl methyl sites for hydroxylation is 1. The summed E-state index contributed by atoms with van der Waals surface area (Å²) in [6, 6.07) is 2.34. The van der Waals surface area contributed by atoms with Gasteiger partial charge in [0.15, 0.2) is 12.2 Å². The van der Waals surface area contributed by atoms with E-state index in [1.165, 1.54) is 12.1 Å². The maximum atomic E-state index is 11.1. The third-order valence-electron chi connectivity index (χ3n) is 3.09. The van der Waals surface area contributed by atoms with Gasteiger partial charge >= 0.3 is 6.03 Å². The summed E-state index contributed by atoms with van der Waals surface area (Å²) in [5, 5.41) is 13.4. The fourth-order valence-corrected chi connectivity index (χ4v) is 1.89. The van der Waals surface area contributed by atoms with E-state index in [9.17, 15) is 19.8 Å². The van der Waals surface area contributed by atoms with E-state index in [-0.39, 0.29) is 17.0 Å². The summed E-state index contributed by atoms with van der Waals surface area (Å²) in [7, 11) is 0. The van der Waals surface area contributed by atoms with Crippen LogP contribution in [-0.4, -0.2) is 22.3 Å². The first-order chi connectivity index (χ1) is 8.90. The molecule has 1 aliphatic rings. The van der Waals surface area contributed by atoms with Crippen molar-refractivity contribution in [2.45, 2.75) is 13.8 Å². The van der Waals surface area contributed by atoms with Crippen molar-refractivity contribution in [3.05, 3.63) is 49.5 Å². The van der Waals surface area contributed by atoms with E-state index in [1.54, 1.807) is 13.0 Å². The van der Waals surface area contributed by atoms with Crippen LogP contribution in [0.3, 0.4) is 0 Å². The molecular weight excluding hydrogens is 250 g/mol. The average molecular weight is 262 g/mol. The van der Waals surface area contributed by atoms with Crippen LogP contribution >= 0.6 is 0 Å². The molecule has 0 aromatic heterocycles. The van der Waals surface area contributed by atoms with E-state index < -0.39 is 11.0 Å². The van der Waals surface area contributed by atoms with Crippen molar-refractivity contribution in [1.82, 2.24) is 5.32 Å². The molecule has 98 valence electrons. The van der Waals surface area contributed by atoms with Gasteiger partial charge in [0.2, 0.25) is 0 Å². The number of hydrogen-bond acceptors (Lipinski definition) is 4. The molecular formula is C12H12N3O4+. The van der Waals surface area contributed by atoms with Crippen molar-refractivity contribution in [3.63, 3.8) is 0 Å². The third kappa shape index (κ3) is 2.35. The zero-order chi connectivity index (χ0) is 14.2. The molecule has 19 heavy (non-hydrogen) atoms. The minimum absolute atomic E-state index is 0.0470. The van der Waals surface area contributed by atoms with Crippen molar-refractivity contribution in [2.24, 2.45) is 0 Å². The number of amides is 2. The number of carbonyl (C=O) groups excluding carboxylic acids is 1. The molecule has 1 N–H and O–H groups in total. The molecule has 0 spiro atoms. The van der Waals surface area contributed by atoms with E-state index in [2.05, 4.69) is 5.32 Å². The van der Waals surface area contributed by atoms with E-state index in [0.29, 0.717) is 11.3 Å². The lowest BCUT2D eigenvalue weighted by Crippen LogP contribution is -2.16. The van der Waals surface area contributed by atoms with Crippen molar-refractivity contribution in [3.8, 4) is 0 Å². The number of nitroso groups, excluding NO2 is 1. The Balaban J connectivity index is 2.53. The molecule has 7 heteroatoms. The number of nitrogens with zero attached hydrogens (tertiary/aromatic N) is 2. The van der Waals surface area contributed by atoms with Gasteiger partial charge in [0, 0.05) is 10.8 Å². The minimum atomic E-state index is -0.751. The van der Waals surface area contributed by atoms with Gasteiger partial charge in [0.25, 0.3) is 5.69 Å². The molecule has 0 unspecified atom stereocenters. The molecule has 1 fully saturated rings. The van der Waals surface area contributed by atoms with Gasteiger partial charge in [-0.1, -0.05) is 11.0 Å². The van der Waals surface area contributed by atoms with Gasteiger partial charge < -0.3 is 0 Å². The van der Waals surface area contributed by atoms with Gasteiger partial charge in [0.05, 0.1) is 10.5 Å². The Hall–Kier alpha value is -2.57. The minimum Gasteiger partial charge on any atom is -0.258 e. The normalized spacial score (nSPS) is 16.8. The lowest BCUT2D eigenvalue weighted by Gasteiger charge is -2.05. The van der Waals surface area contributed by atoms with Gasteiger partial charge in [-0.25, -0.2) is 5.32 Å². The molecule has 0 aliphatic carbocycles. The quantitative estimate of drug-likeness (QED) is 0.501. The van der Waals surface area contributed by atoms with Gasteiger partial charge in [0.1, 0.15) is 0 Å². The number of rotatable bonds is 2. The van der Waals surface area contributed by atoms with Crippen LogP contribution in [0.2, 0.25) is 0 Å². The molecule has 1 aliphatic heterocycles. The lowest BCUT2D eigenvalue weighted by molar-refractivity contribution is -0.427. The highest BCUT2D eigenvalue weighted by Crippen LogP contribution is 2.27. The maximum Gasteiger partial charge on any atom is 0.534 e. The first kappa shape index (κ1) is 12.9. The van der Waals surface area contributed by atoms with Crippen LogP contribution in [-0.2, 0) is 0 Å². The number of nitro groups is 1. The smallest absolute Gasteiger partial charge is 0.258 e. The van der Waals surface area contributed by atoms with Gasteiger partial charge in [-0.2, -0.15) is 4.79 Å². The van der Waals surface area contributed by atoms with Crippen LogP contribution in [0.4, 0.5) is 10.5 Å². The van der Waals surface area contributed by atoms with Gasteiger partial charge in [-0.3, -0.25) is 10.1 Å². The fraction of sp³-hybridized carbons (Fsp3) is 0.250. The van der Waals surface area contributed by atoms with Crippen molar-refractivity contribution < 1.29 is 14.5 Å². The molecule has 2 rings (SSSR count). The van der Waals surface area contributed by atoms with Crippen LogP contribution in [0.5, 0.6) is 0 Å². The Bertz CT molecular complexity index is 616. The number of benzene rings is 1. The summed E-state index contributed by atoms with van der Waals surface area (Å²) in [6.45, 7) is 3.48. The number of urea groups is 1. The Morgan fingerprint density at radius 1 is 1.42 bits per heavy atom. The zero-order valence-corrected chi connectivity index (χ0v) is 10.5. The first-order valence-corrected chi connectivity index (χ1v) is 5.61. The molecule has 1 heterocycles. The summed E-state index contributed by atoms with van der Waals surface area (Å²) in [4.78, 5) is 32.7. The Morgan fingerprint density at radius 2 is 2.11 bits per heavy atom. The molecule has 0 radical (unpaired) electrons. The number of carbonyl (C=O) groups is 1. The standard InChI is InChI=1S/C12H11N3O4/c1-7-3-4-11(15(18)19)10(8(7)2)5-9-6-14(17)12(16)13-9/h3-5H,6H2,1-2H3/p+1. The van der Waals surface area contributed by atoms with Crippen molar-refractivity contribution >= 4 is 17.8 Å². The summed E-state index contributed by atoms with van der Waals surface area (Å²) in [6.07, 6.45) is 1.48. The molecule has 0 atom stereocenters. The topological polar surface area (TPSA) is 92.3 Å². The molecule has 2 amide bonds. The predicted octanol–water partition coefficient (Wildman–Crippen LogP) is 2.05. The second-order valence-electron chi connectivity index (χ2n) is 4.33. The highest BCUT2D eigenvalue weighted by Gasteiger charge is 2.33. The predicted molar refractivity (Wildman–Crippen MR) is 67.6 cm³/mol. The van der Waals surface area contributed by atoms with Gasteiger partial charge in [-0.05, 0) is 31.1 Å². The summed E-state index contributed by atoms with van der Waals surface area (Å²) < 4.78 is 0.267. The van der Waals surface area contributed by atoms with Crippen LogP contribution in [0, 0.1) is 28.9 Å². The van der Waals surface area contributed by atoms with Crippen molar-refractivity contribution in [1.29, 1.82) is 0 Å². The van der Waals surface area contributed by atoms with Crippen LogP contribution in [0.1, 0.15) is 16.7 Å². The average Bonchev–Trinajstić information content (AvgIpc) is 2.64. The molecule has 7 nitrogen and oxygen atoms in total. The molecule has 0 bridgehead atoms. The number of hydrogen-bond donors (Lipinski definition) is 1. The Kier molecular flexibility index (Phi) is 3.12. The van der Waals surface area contributed by atoms with E-state index in [0.717, 1.165) is 11.1 Å². The SMILES string of the molecule is Cc1ccc([N+](=O)[O-])c(C=C2C[N+](=O)C(=O)N2)c1C. The molecule has 1 aromatic rings. The van der Waals surface area contributed by atoms with Crippen molar-refractivity contribution in [2.75, 3.05) is 6.54 Å². The largest absolute Gasteiger partial charge is 0.534 e. The van der Waals surface area contributed by atoms with E-state index in [4.69, 9.17) is 0 Å². The fourth-order valence-electron chi connectivity index (χ4n) is 1.89. The molecule has 1 aromatic carbocycles. The number of nitro benzene ring substituents is 1. The highest BCUT2D eigenvalue weighted by molar-refractivity contribution is 5.75. The lowest BCUT2D eigenvalue weighted by atomic mass is 10.0. The highest BCUT2D eigenvalue weighted by atomic mass is 16.6. The Morgan fingerprint density at radius 3 is 2.63 bits per heavy atom. The first-order valence-electron chi connectivity index (χ1n) is 5.61. The molecule has 0 saturated carbocycles. The van der Waals surface area contributed by atoms with Gasteiger partial charge in [-0.15, -0.1) is 0 Å². The van der Waals surface area contributed by atoms with Crippen LogP contribution in [0.15, 0.2) is 17.8 Å². The third-order valence-corrected chi connectivity index (χ3v) is 3.09. The maximum absolute atomic E-state index is 11.1. The summed E-state index contributed by atoms with van der Waals surface area (Å²) >= 11 is 0. The monoisotopic (exact) mass is 262 g/mol. The summed E-state index contributed by atoms with van der Waals surface area (Å²) in [5.74, 6) is 0. The number of nitrogens with one attached hydrogen (secondary N) is 1.